The van der Waals surface area contributed by atoms with Crippen LogP contribution in [0.4, 0.5) is 26.3 Å². The molecule has 0 aromatic heterocycles. The van der Waals surface area contributed by atoms with Gasteiger partial charge < -0.3 is 38.6 Å². The maximum absolute atomic E-state index is 14.9. The van der Waals surface area contributed by atoms with Crippen LogP contribution in [0.2, 0.25) is 0 Å². The molecule has 0 fully saturated rings. The average Bonchev–Trinajstić information content (AvgIpc) is 3.11. The second kappa shape index (κ2) is 17.6. The number of halogens is 6. The van der Waals surface area contributed by atoms with Gasteiger partial charge in [0.1, 0.15) is 0 Å². The zero-order valence-corrected chi connectivity index (χ0v) is 29.6. The third-order valence-corrected chi connectivity index (χ3v) is 7.78. The average molecular weight is 739 g/mol. The van der Waals surface area contributed by atoms with Crippen LogP contribution in [0.1, 0.15) is 52.7 Å². The van der Waals surface area contributed by atoms with Crippen molar-refractivity contribution < 1.29 is 65.0 Å². The molecule has 4 aromatic rings. The Morgan fingerprint density at radius 3 is 0.846 bits per heavy atom. The standard InChI is InChI=1S/C38H40F6O8/c1-7-47-33-27(19-13-23(39)31(43)24(40)14-19)21(17-45)29(35(49-9-3)37(33)51-11-5)30-22(18-46)28(20-15-25(41)32(44)26(42)16-20)34(48-8-2)38(52-12-6)36(30)50-10-4/h13-16,45-46H,7-12,17-18H2,1-6H3. The van der Waals surface area contributed by atoms with Crippen molar-refractivity contribution in [3.63, 3.8) is 0 Å². The number of aliphatic hydroxyl groups is 2. The highest BCUT2D eigenvalue weighted by Gasteiger charge is 2.36. The molecule has 0 heterocycles. The lowest BCUT2D eigenvalue weighted by atomic mass is 9.84. The van der Waals surface area contributed by atoms with Crippen LogP contribution in [0.3, 0.4) is 0 Å². The van der Waals surface area contributed by atoms with Gasteiger partial charge in [-0.2, -0.15) is 0 Å². The van der Waals surface area contributed by atoms with Gasteiger partial charge in [0.2, 0.25) is 11.5 Å². The van der Waals surface area contributed by atoms with Crippen molar-refractivity contribution in [3.05, 3.63) is 70.3 Å². The summed E-state index contributed by atoms with van der Waals surface area (Å²) in [6.45, 7) is 8.01. The van der Waals surface area contributed by atoms with Gasteiger partial charge in [-0.05, 0) is 76.9 Å². The van der Waals surface area contributed by atoms with Crippen molar-refractivity contribution in [2.45, 2.75) is 54.8 Å². The Morgan fingerprint density at radius 1 is 0.385 bits per heavy atom. The fourth-order valence-corrected chi connectivity index (χ4v) is 5.99. The van der Waals surface area contributed by atoms with Crippen LogP contribution in [-0.2, 0) is 13.2 Å². The number of ether oxygens (including phenoxy) is 6. The largest absolute Gasteiger partial charge is 0.489 e. The summed E-state index contributed by atoms with van der Waals surface area (Å²) in [5.41, 5.74) is -1.19. The lowest BCUT2D eigenvalue weighted by Crippen LogP contribution is -2.13. The smallest absolute Gasteiger partial charge is 0.204 e. The third kappa shape index (κ3) is 7.40. The zero-order chi connectivity index (χ0) is 38.3. The van der Waals surface area contributed by atoms with Crippen LogP contribution in [0.15, 0.2) is 24.3 Å². The normalized spacial score (nSPS) is 11.1. The monoisotopic (exact) mass is 738 g/mol. The summed E-state index contributed by atoms with van der Waals surface area (Å²) >= 11 is 0. The third-order valence-electron chi connectivity index (χ3n) is 7.78. The van der Waals surface area contributed by atoms with Crippen LogP contribution in [0.25, 0.3) is 33.4 Å². The molecule has 0 bridgehead atoms. The van der Waals surface area contributed by atoms with Crippen molar-refractivity contribution in [1.82, 2.24) is 0 Å². The molecular weight excluding hydrogens is 698 g/mol. The molecule has 0 saturated carbocycles. The van der Waals surface area contributed by atoms with Crippen molar-refractivity contribution in [2.24, 2.45) is 0 Å². The summed E-state index contributed by atoms with van der Waals surface area (Å²) in [6.07, 6.45) is 0. The Kier molecular flexibility index (Phi) is 13.5. The maximum atomic E-state index is 14.9. The van der Waals surface area contributed by atoms with Gasteiger partial charge in [0.15, 0.2) is 57.9 Å². The SMILES string of the molecule is CCOc1c(OCC)c(-c2cc(F)c(F)c(F)c2)c(CO)c(-c2c(CO)c(-c3cc(F)c(F)c(F)c3)c(OCC)c(OCC)c2OCC)c1OCC. The lowest BCUT2D eigenvalue weighted by molar-refractivity contribution is 0.252. The molecule has 4 rings (SSSR count). The highest BCUT2D eigenvalue weighted by molar-refractivity contribution is 5.98. The molecule has 0 aliphatic rings. The van der Waals surface area contributed by atoms with E-state index in [2.05, 4.69) is 0 Å². The van der Waals surface area contributed by atoms with E-state index >= 15 is 0 Å². The van der Waals surface area contributed by atoms with Crippen LogP contribution < -0.4 is 28.4 Å². The molecule has 0 spiro atoms. The van der Waals surface area contributed by atoms with Gasteiger partial charge >= 0.3 is 0 Å². The Labute approximate surface area is 297 Å². The molecule has 0 radical (unpaired) electrons. The molecule has 0 saturated heterocycles. The number of hydrogen-bond donors (Lipinski definition) is 2. The second-order valence-corrected chi connectivity index (χ2v) is 10.9. The molecule has 14 heteroatoms. The number of aliphatic hydroxyl groups excluding tert-OH is 2. The minimum atomic E-state index is -1.74. The van der Waals surface area contributed by atoms with Gasteiger partial charge in [-0.15, -0.1) is 0 Å². The number of rotatable bonds is 17. The summed E-state index contributed by atoms with van der Waals surface area (Å²) in [5, 5.41) is 22.4. The van der Waals surface area contributed by atoms with E-state index in [1.807, 2.05) is 0 Å². The van der Waals surface area contributed by atoms with Crippen molar-refractivity contribution in [1.29, 1.82) is 0 Å². The quantitative estimate of drug-likeness (QED) is 0.0820. The lowest BCUT2D eigenvalue weighted by Gasteiger charge is -2.30. The fraction of sp³-hybridized carbons (Fsp3) is 0.368. The van der Waals surface area contributed by atoms with Crippen LogP contribution in [0, 0.1) is 34.9 Å². The van der Waals surface area contributed by atoms with E-state index < -0.39 is 48.1 Å². The van der Waals surface area contributed by atoms with E-state index in [0.717, 1.165) is 0 Å². The maximum Gasteiger partial charge on any atom is 0.204 e. The minimum absolute atomic E-state index is 0.00166. The van der Waals surface area contributed by atoms with Gasteiger partial charge in [0.05, 0.1) is 52.9 Å². The predicted molar refractivity (Wildman–Crippen MR) is 181 cm³/mol. The van der Waals surface area contributed by atoms with E-state index in [1.54, 1.807) is 41.5 Å². The Balaban J connectivity index is 2.45. The summed E-state index contributed by atoms with van der Waals surface area (Å²) in [7, 11) is 0. The number of benzene rings is 4. The molecule has 8 nitrogen and oxygen atoms in total. The Hall–Kier alpha value is -4.82. The molecular formula is C38H40F6O8. The van der Waals surface area contributed by atoms with Gasteiger partial charge in [-0.3, -0.25) is 0 Å². The highest BCUT2D eigenvalue weighted by Crippen LogP contribution is 2.60. The zero-order valence-electron chi connectivity index (χ0n) is 29.6. The first-order valence-electron chi connectivity index (χ1n) is 16.7. The van der Waals surface area contributed by atoms with Crippen molar-refractivity contribution in [2.75, 3.05) is 39.6 Å². The fourth-order valence-electron chi connectivity index (χ4n) is 5.99. The van der Waals surface area contributed by atoms with Gasteiger partial charge in [-0.25, -0.2) is 26.3 Å². The van der Waals surface area contributed by atoms with Gasteiger partial charge in [0, 0.05) is 33.4 Å². The van der Waals surface area contributed by atoms with Gasteiger partial charge in [0.25, 0.3) is 0 Å². The van der Waals surface area contributed by atoms with Crippen molar-refractivity contribution >= 4 is 0 Å². The van der Waals surface area contributed by atoms with E-state index in [4.69, 9.17) is 28.4 Å². The first kappa shape index (κ1) is 40.0. The van der Waals surface area contributed by atoms with E-state index in [0.29, 0.717) is 24.3 Å². The molecule has 0 aliphatic carbocycles. The first-order chi connectivity index (χ1) is 25.0. The molecule has 4 aromatic carbocycles. The Bertz CT molecular complexity index is 1730. The second-order valence-electron chi connectivity index (χ2n) is 10.9. The van der Waals surface area contributed by atoms with Crippen molar-refractivity contribution in [3.8, 4) is 67.9 Å². The topological polar surface area (TPSA) is 95.8 Å². The molecule has 0 atom stereocenters. The molecule has 2 N–H and O–H groups in total. The van der Waals surface area contributed by atoms with Gasteiger partial charge in [-0.1, -0.05) is 0 Å². The van der Waals surface area contributed by atoms with E-state index in [-0.39, 0.29) is 119 Å². The molecule has 52 heavy (non-hydrogen) atoms. The predicted octanol–water partition coefficient (Wildman–Crippen LogP) is 8.90. The number of hydrogen-bond acceptors (Lipinski definition) is 8. The summed E-state index contributed by atoms with van der Waals surface area (Å²) in [5.74, 6) is -10.2. The summed E-state index contributed by atoms with van der Waals surface area (Å²) in [6, 6.07) is 2.85. The summed E-state index contributed by atoms with van der Waals surface area (Å²) in [4.78, 5) is 0. The molecule has 0 unspecified atom stereocenters. The summed E-state index contributed by atoms with van der Waals surface area (Å²) < 4.78 is 125. The van der Waals surface area contributed by atoms with Crippen LogP contribution in [0.5, 0.6) is 34.5 Å². The molecule has 0 aliphatic heterocycles. The van der Waals surface area contributed by atoms with E-state index in [1.165, 1.54) is 0 Å². The first-order valence-corrected chi connectivity index (χ1v) is 16.7. The minimum Gasteiger partial charge on any atom is -0.489 e. The van der Waals surface area contributed by atoms with E-state index in [9.17, 15) is 36.6 Å². The highest BCUT2D eigenvalue weighted by atomic mass is 19.2. The molecule has 282 valence electrons. The Morgan fingerprint density at radius 2 is 0.615 bits per heavy atom. The van der Waals surface area contributed by atoms with Crippen LogP contribution >= 0.6 is 0 Å². The van der Waals surface area contributed by atoms with Crippen LogP contribution in [-0.4, -0.2) is 49.9 Å². The molecule has 0 amide bonds.